The Labute approximate surface area is 114 Å². The van der Waals surface area contributed by atoms with Crippen molar-refractivity contribution >= 4 is 27.5 Å². The molecule has 0 atom stereocenters. The molecule has 18 heavy (non-hydrogen) atoms. The van der Waals surface area contributed by atoms with Gasteiger partial charge in [0.25, 0.3) is 0 Å². The summed E-state index contributed by atoms with van der Waals surface area (Å²) in [6.07, 6.45) is 2.44. The highest BCUT2D eigenvalue weighted by molar-refractivity contribution is 9.10. The van der Waals surface area contributed by atoms with Crippen molar-refractivity contribution in [2.45, 2.75) is 12.8 Å². The van der Waals surface area contributed by atoms with Crippen molar-refractivity contribution in [2.75, 3.05) is 5.73 Å². The molecule has 4 heteroatoms. The number of hydrogen-bond donors (Lipinski definition) is 1. The lowest BCUT2D eigenvalue weighted by atomic mass is 10.0. The van der Waals surface area contributed by atoms with Gasteiger partial charge in [0.15, 0.2) is 0 Å². The van der Waals surface area contributed by atoms with E-state index in [1.165, 1.54) is 0 Å². The van der Waals surface area contributed by atoms with E-state index in [2.05, 4.69) is 20.9 Å². The zero-order valence-corrected chi connectivity index (χ0v) is 11.4. The van der Waals surface area contributed by atoms with Crippen molar-refractivity contribution < 1.29 is 4.79 Å². The van der Waals surface area contributed by atoms with Gasteiger partial charge in [0.05, 0.1) is 0 Å². The van der Waals surface area contributed by atoms with Crippen LogP contribution in [0.1, 0.15) is 11.1 Å². The molecule has 0 amide bonds. The molecule has 0 unspecified atom stereocenters. The first-order valence-corrected chi connectivity index (χ1v) is 6.39. The Morgan fingerprint density at radius 2 is 1.89 bits per heavy atom. The Balaban J connectivity index is 2.01. The number of Topliss-reactive ketones (excluding diaryl/α,β-unsaturated/α-hetero) is 1. The second-order valence-corrected chi connectivity index (χ2v) is 5.03. The smallest absolute Gasteiger partial charge is 0.141 e. The van der Waals surface area contributed by atoms with Crippen LogP contribution in [0.15, 0.2) is 47.1 Å². The van der Waals surface area contributed by atoms with Crippen molar-refractivity contribution in [1.29, 1.82) is 0 Å². The van der Waals surface area contributed by atoms with Gasteiger partial charge < -0.3 is 5.73 Å². The highest BCUT2D eigenvalue weighted by atomic mass is 79.9. The van der Waals surface area contributed by atoms with Crippen LogP contribution in [-0.2, 0) is 17.6 Å². The first-order chi connectivity index (χ1) is 8.63. The third-order valence-electron chi connectivity index (χ3n) is 2.54. The Hall–Kier alpha value is -1.68. The summed E-state index contributed by atoms with van der Waals surface area (Å²) in [5, 5.41) is 0. The van der Waals surface area contributed by atoms with E-state index < -0.39 is 0 Å². The van der Waals surface area contributed by atoms with Crippen LogP contribution in [0.5, 0.6) is 0 Å². The molecule has 0 aliphatic carbocycles. The van der Waals surface area contributed by atoms with Crippen molar-refractivity contribution in [3.05, 3.63) is 58.2 Å². The maximum absolute atomic E-state index is 11.9. The van der Waals surface area contributed by atoms with Crippen LogP contribution < -0.4 is 5.73 Å². The lowest BCUT2D eigenvalue weighted by Gasteiger charge is -2.03. The molecular formula is C14H13BrN2O. The van der Waals surface area contributed by atoms with E-state index in [4.69, 9.17) is 5.73 Å². The first kappa shape index (κ1) is 12.8. The number of carbonyl (C=O) groups excluding carboxylic acids is 1. The van der Waals surface area contributed by atoms with Crippen LogP contribution in [-0.4, -0.2) is 10.8 Å². The molecule has 0 saturated heterocycles. The minimum atomic E-state index is 0.165. The molecule has 1 aromatic carbocycles. The minimum absolute atomic E-state index is 0.165. The molecule has 0 saturated carbocycles. The van der Waals surface area contributed by atoms with Gasteiger partial charge in [-0.2, -0.15) is 0 Å². The summed E-state index contributed by atoms with van der Waals surface area (Å²) in [4.78, 5) is 15.8. The Morgan fingerprint density at radius 3 is 2.56 bits per heavy atom. The van der Waals surface area contributed by atoms with Crippen LogP contribution in [0, 0.1) is 0 Å². The summed E-state index contributed by atoms with van der Waals surface area (Å²) in [6, 6.07) is 11.3. The molecular weight excluding hydrogens is 292 g/mol. The van der Waals surface area contributed by atoms with E-state index in [1.54, 1.807) is 12.3 Å². The average molecular weight is 305 g/mol. The van der Waals surface area contributed by atoms with Crippen LogP contribution in [0.3, 0.4) is 0 Å². The molecule has 92 valence electrons. The highest BCUT2D eigenvalue weighted by Crippen LogP contribution is 2.13. The van der Waals surface area contributed by atoms with Crippen molar-refractivity contribution in [3.63, 3.8) is 0 Å². The molecule has 0 aliphatic heterocycles. The second kappa shape index (κ2) is 5.78. The van der Waals surface area contributed by atoms with E-state index in [1.807, 2.05) is 30.3 Å². The maximum Gasteiger partial charge on any atom is 0.141 e. The fourth-order valence-electron chi connectivity index (χ4n) is 1.77. The molecule has 1 heterocycles. The summed E-state index contributed by atoms with van der Waals surface area (Å²) >= 11 is 3.39. The number of pyridine rings is 1. The summed E-state index contributed by atoms with van der Waals surface area (Å²) in [5.41, 5.74) is 7.49. The number of hydrogen-bond acceptors (Lipinski definition) is 3. The number of aromatic nitrogens is 1. The fraction of sp³-hybridized carbons (Fsp3) is 0.143. The highest BCUT2D eigenvalue weighted by Gasteiger charge is 2.06. The number of benzene rings is 1. The normalized spacial score (nSPS) is 10.3. The number of carbonyl (C=O) groups is 1. The standard InChI is InChI=1S/C14H13BrN2O/c15-12-3-1-2-10(6-12)7-13(18)8-11-4-5-17-14(16)9-11/h1-6,9H,7-8H2,(H2,16,17). The predicted octanol–water partition coefficient (Wildman–Crippen LogP) is 2.78. The van der Waals surface area contributed by atoms with Crippen LogP contribution >= 0.6 is 15.9 Å². The molecule has 2 rings (SSSR count). The van der Waals surface area contributed by atoms with Crippen molar-refractivity contribution in [2.24, 2.45) is 0 Å². The zero-order chi connectivity index (χ0) is 13.0. The zero-order valence-electron chi connectivity index (χ0n) is 9.77. The molecule has 0 spiro atoms. The molecule has 0 fully saturated rings. The van der Waals surface area contributed by atoms with Crippen molar-refractivity contribution in [1.82, 2.24) is 4.98 Å². The van der Waals surface area contributed by atoms with Gasteiger partial charge in [0.2, 0.25) is 0 Å². The second-order valence-electron chi connectivity index (χ2n) is 4.11. The first-order valence-electron chi connectivity index (χ1n) is 5.60. The minimum Gasteiger partial charge on any atom is -0.384 e. The fourth-order valence-corrected chi connectivity index (χ4v) is 2.22. The Kier molecular flexibility index (Phi) is 4.10. The molecule has 3 nitrogen and oxygen atoms in total. The van der Waals surface area contributed by atoms with Gasteiger partial charge in [0, 0.05) is 23.5 Å². The molecule has 0 aliphatic rings. The van der Waals surface area contributed by atoms with E-state index in [0.29, 0.717) is 18.7 Å². The molecule has 1 aromatic heterocycles. The monoisotopic (exact) mass is 304 g/mol. The van der Waals surface area contributed by atoms with Gasteiger partial charge in [-0.05, 0) is 35.4 Å². The van der Waals surface area contributed by atoms with Gasteiger partial charge >= 0.3 is 0 Å². The van der Waals surface area contributed by atoms with Crippen LogP contribution in [0.25, 0.3) is 0 Å². The number of anilines is 1. The van der Waals surface area contributed by atoms with Gasteiger partial charge in [-0.15, -0.1) is 0 Å². The largest absolute Gasteiger partial charge is 0.384 e. The number of rotatable bonds is 4. The number of nitrogens with two attached hydrogens (primary N) is 1. The molecule has 0 radical (unpaired) electrons. The number of ketones is 1. The van der Waals surface area contributed by atoms with Gasteiger partial charge in [-0.3, -0.25) is 4.79 Å². The van der Waals surface area contributed by atoms with Crippen LogP contribution in [0.4, 0.5) is 5.82 Å². The lowest BCUT2D eigenvalue weighted by Crippen LogP contribution is -2.07. The van der Waals surface area contributed by atoms with Gasteiger partial charge in [0.1, 0.15) is 11.6 Å². The third-order valence-corrected chi connectivity index (χ3v) is 3.03. The topological polar surface area (TPSA) is 56.0 Å². The summed E-state index contributed by atoms with van der Waals surface area (Å²) < 4.78 is 0.987. The lowest BCUT2D eigenvalue weighted by molar-refractivity contribution is -0.117. The summed E-state index contributed by atoms with van der Waals surface area (Å²) in [5.74, 6) is 0.612. The Bertz CT molecular complexity index is 520. The predicted molar refractivity (Wildman–Crippen MR) is 75.2 cm³/mol. The van der Waals surface area contributed by atoms with E-state index >= 15 is 0 Å². The van der Waals surface area contributed by atoms with E-state index in [9.17, 15) is 4.79 Å². The quantitative estimate of drug-likeness (QED) is 0.945. The van der Waals surface area contributed by atoms with Gasteiger partial charge in [-0.25, -0.2) is 4.98 Å². The average Bonchev–Trinajstić information content (AvgIpc) is 2.28. The maximum atomic E-state index is 11.9. The third kappa shape index (κ3) is 3.67. The van der Waals surface area contributed by atoms with Crippen LogP contribution in [0.2, 0.25) is 0 Å². The molecule has 2 N–H and O–H groups in total. The summed E-state index contributed by atoms with van der Waals surface area (Å²) in [6.45, 7) is 0. The summed E-state index contributed by atoms with van der Waals surface area (Å²) in [7, 11) is 0. The molecule has 2 aromatic rings. The SMILES string of the molecule is Nc1cc(CC(=O)Cc2cccc(Br)c2)ccn1. The number of nitrogen functional groups attached to an aromatic ring is 1. The van der Waals surface area contributed by atoms with E-state index in [0.717, 1.165) is 15.6 Å². The van der Waals surface area contributed by atoms with E-state index in [-0.39, 0.29) is 5.78 Å². The van der Waals surface area contributed by atoms with Gasteiger partial charge in [-0.1, -0.05) is 28.1 Å². The Morgan fingerprint density at radius 1 is 1.17 bits per heavy atom. The number of halogens is 1. The molecule has 0 bridgehead atoms. The van der Waals surface area contributed by atoms with Crippen molar-refractivity contribution in [3.8, 4) is 0 Å². The number of nitrogens with zero attached hydrogens (tertiary/aromatic N) is 1.